The molecule has 1 aromatic heterocycles. The number of nitrogens with zero attached hydrogens (tertiary/aromatic N) is 3. The molecule has 3 heterocycles. The summed E-state index contributed by atoms with van der Waals surface area (Å²) in [6.45, 7) is 16.8. The van der Waals surface area contributed by atoms with Crippen LogP contribution in [0, 0.1) is 11.3 Å². The quantitative estimate of drug-likeness (QED) is 0.336. The fourth-order valence-electron chi connectivity index (χ4n) is 8.88. The molecule has 59 heavy (non-hydrogen) atoms. The van der Waals surface area contributed by atoms with Gasteiger partial charge in [0.25, 0.3) is 17.8 Å². The number of hydrogen-bond acceptors (Lipinski definition) is 10. The number of alkyl carbamates (subject to hydrolysis) is 1. The molecule has 17 heteroatoms. The molecule has 5 atom stereocenters. The lowest BCUT2D eigenvalue weighted by molar-refractivity contribution is -0.143. The lowest BCUT2D eigenvalue weighted by Crippen LogP contribution is -2.60. The lowest BCUT2D eigenvalue weighted by atomic mass is 9.85. The Kier molecular flexibility index (Phi) is 12.3. The van der Waals surface area contributed by atoms with Gasteiger partial charge in [-0.3, -0.25) is 28.5 Å². The highest BCUT2D eigenvalue weighted by Crippen LogP contribution is 2.50. The Morgan fingerprint density at radius 1 is 1.05 bits per heavy atom. The molecule has 0 radical (unpaired) electrons. The van der Waals surface area contributed by atoms with Crippen molar-refractivity contribution in [3.63, 3.8) is 0 Å². The lowest BCUT2D eigenvalue weighted by Gasteiger charge is -2.36. The highest BCUT2D eigenvalue weighted by Gasteiger charge is 2.64. The highest BCUT2D eigenvalue weighted by molar-refractivity contribution is 7.91. The number of carbonyl (C=O) groups is 5. The third kappa shape index (κ3) is 9.29. The van der Waals surface area contributed by atoms with Crippen LogP contribution in [0.3, 0.4) is 0 Å². The first-order valence-electron chi connectivity index (χ1n) is 21.5. The number of nitrogens with one attached hydrogen (secondary N) is 4. The van der Waals surface area contributed by atoms with Gasteiger partial charge in [0.05, 0.1) is 16.9 Å². The first kappa shape index (κ1) is 44.4. The molecule has 2 saturated carbocycles. The predicted molar refractivity (Wildman–Crippen MR) is 220 cm³/mol. The Bertz CT molecular complexity index is 1970. The van der Waals surface area contributed by atoms with E-state index in [2.05, 4.69) is 20.7 Å². The van der Waals surface area contributed by atoms with Gasteiger partial charge in [-0.2, -0.15) is 4.98 Å². The van der Waals surface area contributed by atoms with E-state index in [4.69, 9.17) is 14.5 Å². The SMILES string of the molecule is CC[C@@H]1C[C@@]12NC(=O)[C@@H]1C[C@H](CN1C(=O)[C@@H](NC(=O)OC(C)(C)C)C(C)(C)C)Oc1nc3c(n1C(C)C)CCC=C3C(=O)NCCCCCCC1(CC1)S(=O)(=O)NC2=O. The molecular weight excluding hydrogens is 779 g/mol. The Labute approximate surface area is 348 Å². The van der Waals surface area contributed by atoms with Gasteiger partial charge in [-0.1, -0.05) is 59.5 Å². The first-order chi connectivity index (χ1) is 27.5. The van der Waals surface area contributed by atoms with Crippen LogP contribution in [0.15, 0.2) is 6.08 Å². The second kappa shape index (κ2) is 16.4. The molecule has 1 saturated heterocycles. The van der Waals surface area contributed by atoms with Crippen LogP contribution in [0.4, 0.5) is 4.79 Å². The minimum absolute atomic E-state index is 0.00950. The van der Waals surface area contributed by atoms with E-state index in [9.17, 15) is 32.4 Å². The van der Waals surface area contributed by atoms with E-state index >= 15 is 0 Å². The van der Waals surface area contributed by atoms with Gasteiger partial charge in [0, 0.05) is 24.7 Å². The van der Waals surface area contributed by atoms with Gasteiger partial charge in [-0.25, -0.2) is 13.2 Å². The molecule has 3 aliphatic carbocycles. The summed E-state index contributed by atoms with van der Waals surface area (Å²) in [5, 5.41) is 8.70. The zero-order valence-corrected chi connectivity index (χ0v) is 37.1. The van der Waals surface area contributed by atoms with E-state index < -0.39 is 73.3 Å². The molecule has 16 nitrogen and oxygen atoms in total. The summed E-state index contributed by atoms with van der Waals surface area (Å²) in [5.41, 5.74) is -1.28. The standard InChI is InChI=1S/C42H65N7O9S/c1-10-26-23-42(26)36(53)47-59(55,56)41(19-20-41)18-13-11-12-14-21-43-33(50)28-16-15-17-29-31(28)44-37(49(29)25(2)3)57-27-22-30(34(51)46-42)48(24-27)35(52)32(39(4,5)6)45-38(54)58-40(7,8)9/h16,25-27,30,32H,10-15,17-24H2,1-9H3,(H,43,50)(H,45,54)(H,46,51)(H,47,53)/t26-,27-,30+,32-,42-/m1/s1. The van der Waals surface area contributed by atoms with E-state index in [-0.39, 0.29) is 43.3 Å². The number of ether oxygens (including phenoxy) is 2. The van der Waals surface area contributed by atoms with Crippen LogP contribution in [0.5, 0.6) is 6.01 Å². The number of hydrogen-bond donors (Lipinski definition) is 4. The molecule has 5 aliphatic rings. The summed E-state index contributed by atoms with van der Waals surface area (Å²) in [6, 6.07) is -2.14. The monoisotopic (exact) mass is 843 g/mol. The summed E-state index contributed by atoms with van der Waals surface area (Å²) in [4.78, 5) is 76.4. The molecule has 2 spiro atoms. The Morgan fingerprint density at radius 2 is 1.75 bits per heavy atom. The van der Waals surface area contributed by atoms with Crippen molar-refractivity contribution in [1.29, 1.82) is 0 Å². The number of amides is 5. The number of likely N-dealkylation sites (tertiary alicyclic amines) is 1. The number of imidazole rings is 1. The summed E-state index contributed by atoms with van der Waals surface area (Å²) >= 11 is 0. The average molecular weight is 844 g/mol. The van der Waals surface area contributed by atoms with Gasteiger partial charge in [0.15, 0.2) is 0 Å². The van der Waals surface area contributed by atoms with Gasteiger partial charge in [0.2, 0.25) is 21.8 Å². The molecule has 4 N–H and O–H groups in total. The van der Waals surface area contributed by atoms with Crippen molar-refractivity contribution in [2.24, 2.45) is 11.3 Å². The van der Waals surface area contributed by atoms with Crippen molar-refractivity contribution in [2.75, 3.05) is 13.1 Å². The van der Waals surface area contributed by atoms with Crippen LogP contribution in [0.1, 0.15) is 150 Å². The largest absolute Gasteiger partial charge is 0.459 e. The maximum Gasteiger partial charge on any atom is 0.408 e. The fraction of sp³-hybridized carbons (Fsp3) is 0.762. The smallest absolute Gasteiger partial charge is 0.408 e. The van der Waals surface area contributed by atoms with Crippen molar-refractivity contribution >= 4 is 45.3 Å². The number of carbonyl (C=O) groups excluding carboxylic acids is 5. The summed E-state index contributed by atoms with van der Waals surface area (Å²) in [7, 11) is -4.07. The summed E-state index contributed by atoms with van der Waals surface area (Å²) in [6.07, 6.45) is 6.62. The Balaban J connectivity index is 1.37. The van der Waals surface area contributed by atoms with E-state index in [1.54, 1.807) is 41.5 Å². The maximum atomic E-state index is 14.7. The van der Waals surface area contributed by atoms with Crippen molar-refractivity contribution < 1.29 is 41.9 Å². The molecular formula is C42H65N7O9S. The average Bonchev–Trinajstić information content (AvgIpc) is 3.99. The van der Waals surface area contributed by atoms with Gasteiger partial charge in [-0.15, -0.1) is 0 Å². The predicted octanol–water partition coefficient (Wildman–Crippen LogP) is 4.43. The molecule has 328 valence electrons. The number of sulfonamides is 1. The van der Waals surface area contributed by atoms with E-state index in [0.717, 1.165) is 25.0 Å². The van der Waals surface area contributed by atoms with E-state index in [1.165, 1.54) is 4.90 Å². The molecule has 3 fully saturated rings. The van der Waals surface area contributed by atoms with Crippen LogP contribution in [-0.4, -0.2) is 99.8 Å². The van der Waals surface area contributed by atoms with Crippen LogP contribution in [-0.2, 0) is 40.4 Å². The third-order valence-corrected chi connectivity index (χ3v) is 14.6. The number of rotatable bonds is 4. The normalized spacial score (nSPS) is 27.8. The highest BCUT2D eigenvalue weighted by atomic mass is 32.2. The van der Waals surface area contributed by atoms with E-state index in [1.807, 2.05) is 31.4 Å². The number of fused-ring (bicyclic) bond motifs is 3. The second-order valence-corrected chi connectivity index (χ2v) is 21.6. The minimum Gasteiger partial charge on any atom is -0.459 e. The molecule has 0 unspecified atom stereocenters. The number of allylic oxidation sites excluding steroid dienone is 1. The molecule has 4 bridgehead atoms. The van der Waals surface area contributed by atoms with Crippen LogP contribution in [0.25, 0.3) is 5.57 Å². The second-order valence-electron chi connectivity index (χ2n) is 19.5. The first-order valence-corrected chi connectivity index (χ1v) is 23.0. The Hall–Kier alpha value is -4.15. The minimum atomic E-state index is -4.07. The zero-order chi connectivity index (χ0) is 43.3. The zero-order valence-electron chi connectivity index (χ0n) is 36.3. The van der Waals surface area contributed by atoms with Crippen molar-refractivity contribution in [1.82, 2.24) is 35.1 Å². The molecule has 1 aromatic rings. The van der Waals surface area contributed by atoms with Crippen LogP contribution < -0.4 is 25.4 Å². The fourth-order valence-corrected chi connectivity index (χ4v) is 10.6. The van der Waals surface area contributed by atoms with E-state index in [0.29, 0.717) is 62.8 Å². The summed E-state index contributed by atoms with van der Waals surface area (Å²) in [5.74, 6) is -2.50. The number of aromatic nitrogens is 2. The van der Waals surface area contributed by atoms with Gasteiger partial charge >= 0.3 is 6.09 Å². The molecule has 6 rings (SSSR count). The topological polar surface area (TPSA) is 207 Å². The van der Waals surface area contributed by atoms with Gasteiger partial charge in [-0.05, 0) is 90.9 Å². The van der Waals surface area contributed by atoms with Crippen LogP contribution in [0.2, 0.25) is 0 Å². The molecule has 2 aliphatic heterocycles. The molecule has 5 amide bonds. The third-order valence-electron chi connectivity index (χ3n) is 12.4. The van der Waals surface area contributed by atoms with Gasteiger partial charge < -0.3 is 30.3 Å². The maximum absolute atomic E-state index is 14.7. The Morgan fingerprint density at radius 3 is 2.36 bits per heavy atom. The van der Waals surface area contributed by atoms with Gasteiger partial charge in [0.1, 0.15) is 35.0 Å². The summed E-state index contributed by atoms with van der Waals surface area (Å²) < 4.78 is 43.1. The van der Waals surface area contributed by atoms with Crippen molar-refractivity contribution in [3.05, 3.63) is 17.5 Å². The molecule has 0 aromatic carbocycles. The van der Waals surface area contributed by atoms with Crippen molar-refractivity contribution in [3.8, 4) is 6.01 Å². The van der Waals surface area contributed by atoms with Crippen molar-refractivity contribution in [2.45, 2.75) is 179 Å². The van der Waals surface area contributed by atoms with Crippen LogP contribution >= 0.6 is 0 Å².